The summed E-state index contributed by atoms with van der Waals surface area (Å²) in [5.74, 6) is -2.73. The standard InChI is InChI=1S/C13H21ClF2N3O6P/c1-23-26(22,24-2)7(15)5-13(6-14)10(20)9(16)11(25-13)19-4-3-8(17)18-12(19)21/h3-4,7,9-12,20-21H,5-6H2,1-2H3,(H2,17,18)/t7-,9-,10+,11-,12?,13+/m1/s1. The Morgan fingerprint density at radius 2 is 2.15 bits per heavy atom. The van der Waals surface area contributed by atoms with Gasteiger partial charge in [-0.1, -0.05) is 0 Å². The van der Waals surface area contributed by atoms with Crippen LogP contribution in [0, 0.1) is 0 Å². The highest BCUT2D eigenvalue weighted by atomic mass is 35.5. The molecule has 4 N–H and O–H groups in total. The maximum absolute atomic E-state index is 14.7. The highest BCUT2D eigenvalue weighted by Gasteiger charge is 2.59. The molecule has 150 valence electrons. The van der Waals surface area contributed by atoms with Gasteiger partial charge >= 0.3 is 7.60 Å². The fourth-order valence-corrected chi connectivity index (χ4v) is 4.25. The number of hydrogen-bond donors (Lipinski definition) is 3. The van der Waals surface area contributed by atoms with E-state index in [1.165, 1.54) is 12.3 Å². The molecule has 6 atom stereocenters. The molecule has 2 aliphatic rings. The molecule has 1 fully saturated rings. The summed E-state index contributed by atoms with van der Waals surface area (Å²) in [5, 5.41) is 20.2. The lowest BCUT2D eigenvalue weighted by molar-refractivity contribution is -0.147. The zero-order valence-corrected chi connectivity index (χ0v) is 15.7. The lowest BCUT2D eigenvalue weighted by atomic mass is 9.94. The lowest BCUT2D eigenvalue weighted by Crippen LogP contribution is -2.46. The third-order valence-electron chi connectivity index (χ3n) is 4.30. The van der Waals surface area contributed by atoms with Crippen molar-refractivity contribution in [2.45, 2.75) is 42.8 Å². The number of alkyl halides is 3. The van der Waals surface area contributed by atoms with Crippen LogP contribution in [-0.4, -0.2) is 77.4 Å². The molecule has 2 rings (SSSR count). The third kappa shape index (κ3) is 3.75. The van der Waals surface area contributed by atoms with E-state index in [0.29, 0.717) is 0 Å². The van der Waals surface area contributed by atoms with Crippen LogP contribution in [0.25, 0.3) is 0 Å². The number of aliphatic hydroxyl groups is 2. The second-order valence-corrected chi connectivity index (χ2v) is 8.44. The number of amidine groups is 1. The van der Waals surface area contributed by atoms with Gasteiger partial charge in [0.2, 0.25) is 12.3 Å². The van der Waals surface area contributed by atoms with Gasteiger partial charge < -0.3 is 34.6 Å². The molecule has 2 heterocycles. The Morgan fingerprint density at radius 3 is 2.65 bits per heavy atom. The molecular formula is C13H21ClF2N3O6P. The van der Waals surface area contributed by atoms with Gasteiger partial charge in [-0.3, -0.25) is 4.57 Å². The topological polar surface area (TPSA) is 127 Å². The maximum atomic E-state index is 14.7. The maximum Gasteiger partial charge on any atom is 0.364 e. The van der Waals surface area contributed by atoms with E-state index in [1.54, 1.807) is 0 Å². The average molecular weight is 420 g/mol. The highest BCUT2D eigenvalue weighted by molar-refractivity contribution is 7.54. The Balaban J connectivity index is 2.25. The molecule has 0 aromatic rings. The molecule has 0 aliphatic carbocycles. The zero-order valence-electron chi connectivity index (χ0n) is 14.0. The van der Waals surface area contributed by atoms with Gasteiger partial charge in [0.25, 0.3) is 0 Å². The van der Waals surface area contributed by atoms with Gasteiger partial charge in [-0.2, -0.15) is 0 Å². The van der Waals surface area contributed by atoms with Gasteiger partial charge in [0.05, 0.1) is 5.88 Å². The van der Waals surface area contributed by atoms with Gasteiger partial charge in [-0.05, 0) is 6.08 Å². The van der Waals surface area contributed by atoms with E-state index in [2.05, 4.69) is 14.0 Å². The molecule has 13 heteroatoms. The van der Waals surface area contributed by atoms with Crippen molar-refractivity contribution in [3.05, 3.63) is 12.3 Å². The number of aliphatic hydroxyl groups excluding tert-OH is 2. The number of halogens is 3. The summed E-state index contributed by atoms with van der Waals surface area (Å²) in [7, 11) is -2.16. The summed E-state index contributed by atoms with van der Waals surface area (Å²) >= 11 is 5.83. The second kappa shape index (κ2) is 8.05. The lowest BCUT2D eigenvalue weighted by Gasteiger charge is -2.35. The summed E-state index contributed by atoms with van der Waals surface area (Å²) in [6, 6.07) is 0. The van der Waals surface area contributed by atoms with E-state index < -0.39 is 56.3 Å². The fourth-order valence-electron chi connectivity index (χ4n) is 2.78. The number of ether oxygens (including phenoxy) is 1. The summed E-state index contributed by atoms with van der Waals surface area (Å²) in [6.45, 7) is 0. The van der Waals surface area contributed by atoms with Crippen molar-refractivity contribution in [2.24, 2.45) is 10.7 Å². The smallest absolute Gasteiger partial charge is 0.364 e. The van der Waals surface area contributed by atoms with Crippen molar-refractivity contribution in [3.63, 3.8) is 0 Å². The van der Waals surface area contributed by atoms with Crippen LogP contribution in [0.15, 0.2) is 17.3 Å². The van der Waals surface area contributed by atoms with Crippen LogP contribution in [0.1, 0.15) is 6.42 Å². The van der Waals surface area contributed by atoms with E-state index in [0.717, 1.165) is 19.1 Å². The molecule has 26 heavy (non-hydrogen) atoms. The Morgan fingerprint density at radius 1 is 1.54 bits per heavy atom. The Kier molecular flexibility index (Phi) is 6.66. The molecule has 1 saturated heterocycles. The van der Waals surface area contributed by atoms with Crippen molar-refractivity contribution in [1.82, 2.24) is 4.90 Å². The second-order valence-electron chi connectivity index (χ2n) is 5.80. The van der Waals surface area contributed by atoms with Crippen molar-refractivity contribution in [2.75, 3.05) is 20.1 Å². The first-order valence-corrected chi connectivity index (χ1v) is 9.67. The first kappa shape index (κ1) is 21.5. The predicted molar refractivity (Wildman–Crippen MR) is 89.0 cm³/mol. The SMILES string of the molecule is COP(=O)(OC)[C@@H](F)C[C@@]1(CCl)O[C@@H](N2C=CC(N)=NC2O)[C@H](F)[C@@H]1O. The van der Waals surface area contributed by atoms with Crippen LogP contribution < -0.4 is 5.73 Å². The predicted octanol–water partition coefficient (Wildman–Crippen LogP) is 0.653. The van der Waals surface area contributed by atoms with Gasteiger partial charge in [-0.25, -0.2) is 13.8 Å². The molecule has 0 radical (unpaired) electrons. The Bertz CT molecular complexity index is 621. The molecule has 0 amide bonds. The minimum atomic E-state index is -4.15. The molecule has 0 spiro atoms. The van der Waals surface area contributed by atoms with Gasteiger partial charge in [0.1, 0.15) is 17.5 Å². The van der Waals surface area contributed by atoms with E-state index in [4.69, 9.17) is 22.1 Å². The monoisotopic (exact) mass is 419 g/mol. The molecule has 2 aliphatic heterocycles. The van der Waals surface area contributed by atoms with Crippen LogP contribution in [-0.2, 0) is 18.3 Å². The van der Waals surface area contributed by atoms with Crippen molar-refractivity contribution >= 4 is 25.0 Å². The molecular weight excluding hydrogens is 399 g/mol. The number of rotatable bonds is 7. The van der Waals surface area contributed by atoms with Crippen molar-refractivity contribution in [1.29, 1.82) is 0 Å². The summed E-state index contributed by atoms with van der Waals surface area (Å²) in [6.07, 6.45) is -5.27. The van der Waals surface area contributed by atoms with E-state index in [-0.39, 0.29) is 5.84 Å². The molecule has 0 aromatic carbocycles. The minimum Gasteiger partial charge on any atom is -0.387 e. The van der Waals surface area contributed by atoms with Crippen LogP contribution in [0.2, 0.25) is 0 Å². The van der Waals surface area contributed by atoms with Crippen LogP contribution in [0.4, 0.5) is 8.78 Å². The quantitative estimate of drug-likeness (QED) is 0.405. The average Bonchev–Trinajstić information content (AvgIpc) is 2.86. The number of nitrogens with two attached hydrogens (primary N) is 1. The number of hydrogen-bond acceptors (Lipinski definition) is 9. The Labute approximate surface area is 153 Å². The fraction of sp³-hybridized carbons (Fsp3) is 0.769. The summed E-state index contributed by atoms with van der Waals surface area (Å²) < 4.78 is 56.0. The first-order chi connectivity index (χ1) is 12.1. The first-order valence-electron chi connectivity index (χ1n) is 7.52. The summed E-state index contributed by atoms with van der Waals surface area (Å²) in [4.78, 5) is 4.59. The summed E-state index contributed by atoms with van der Waals surface area (Å²) in [5.41, 5.74) is 3.50. The molecule has 1 unspecified atom stereocenters. The third-order valence-corrected chi connectivity index (χ3v) is 6.64. The van der Waals surface area contributed by atoms with Crippen molar-refractivity contribution < 1.29 is 37.3 Å². The number of aliphatic imine (C=N–C) groups is 1. The van der Waals surface area contributed by atoms with Gasteiger partial charge in [0, 0.05) is 26.8 Å². The van der Waals surface area contributed by atoms with Crippen LogP contribution in [0.5, 0.6) is 0 Å². The largest absolute Gasteiger partial charge is 0.387 e. The Hall–Kier alpha value is -0.810. The van der Waals surface area contributed by atoms with E-state index in [1.807, 2.05) is 0 Å². The van der Waals surface area contributed by atoms with E-state index >= 15 is 0 Å². The molecule has 0 saturated carbocycles. The van der Waals surface area contributed by atoms with Gasteiger partial charge in [-0.15, -0.1) is 11.6 Å². The molecule has 0 bridgehead atoms. The van der Waals surface area contributed by atoms with Crippen LogP contribution in [0.3, 0.4) is 0 Å². The van der Waals surface area contributed by atoms with E-state index in [9.17, 15) is 23.6 Å². The zero-order chi connectivity index (χ0) is 19.7. The molecule has 9 nitrogen and oxygen atoms in total. The van der Waals surface area contributed by atoms with Gasteiger partial charge in [0.15, 0.2) is 12.4 Å². The highest BCUT2D eigenvalue weighted by Crippen LogP contribution is 2.56. The number of nitrogens with zero attached hydrogens (tertiary/aromatic N) is 2. The normalized spacial score (nSPS) is 36.3. The van der Waals surface area contributed by atoms with Crippen LogP contribution >= 0.6 is 19.2 Å². The van der Waals surface area contributed by atoms with Crippen molar-refractivity contribution in [3.8, 4) is 0 Å². The molecule has 0 aromatic heterocycles. The minimum absolute atomic E-state index is 0.0104.